The third kappa shape index (κ3) is 4.01. The predicted molar refractivity (Wildman–Crippen MR) is 109 cm³/mol. The topological polar surface area (TPSA) is 96.9 Å². The number of hydrogen-bond acceptors (Lipinski definition) is 5. The van der Waals surface area contributed by atoms with E-state index in [1.807, 2.05) is 6.07 Å². The van der Waals surface area contributed by atoms with Crippen molar-refractivity contribution in [2.75, 3.05) is 5.32 Å². The molecule has 0 spiro atoms. The molecule has 0 saturated heterocycles. The molecule has 0 unspecified atom stereocenters. The van der Waals surface area contributed by atoms with Crippen molar-refractivity contribution in [3.05, 3.63) is 48.8 Å². The van der Waals surface area contributed by atoms with Crippen LogP contribution >= 0.6 is 38.9 Å². The molecule has 1 heterocycles. The Kier molecular flexibility index (Phi) is 5.86. The third-order valence-corrected chi connectivity index (χ3v) is 6.26. The molecule has 0 saturated carbocycles. The van der Waals surface area contributed by atoms with Gasteiger partial charge in [0, 0.05) is 15.5 Å². The number of anilines is 1. The highest BCUT2D eigenvalue weighted by molar-refractivity contribution is 9.10. The maximum atomic E-state index is 12.6. The number of halogens is 2. The van der Waals surface area contributed by atoms with Crippen molar-refractivity contribution in [3.63, 3.8) is 0 Å². The molecule has 0 atom stereocenters. The molecule has 1 aromatic heterocycles. The minimum atomic E-state index is -0.636. The van der Waals surface area contributed by atoms with E-state index < -0.39 is 5.91 Å². The van der Waals surface area contributed by atoms with Gasteiger partial charge in [-0.15, -0.1) is 11.3 Å². The van der Waals surface area contributed by atoms with E-state index in [0.29, 0.717) is 20.1 Å². The van der Waals surface area contributed by atoms with Crippen LogP contribution in [-0.2, 0) is 17.6 Å². The second kappa shape index (κ2) is 8.14. The number of nitrogens with one attached hydrogen (secondary N) is 1. The van der Waals surface area contributed by atoms with E-state index >= 15 is 0 Å². The molecule has 27 heavy (non-hydrogen) atoms. The maximum Gasteiger partial charge on any atom is 0.266 e. The summed E-state index contributed by atoms with van der Waals surface area (Å²) in [4.78, 5) is 13.7. The van der Waals surface area contributed by atoms with Crippen LogP contribution in [-0.4, -0.2) is 11.0 Å². The summed E-state index contributed by atoms with van der Waals surface area (Å²) in [6, 6.07) is 6.97. The molecule has 136 valence electrons. The lowest BCUT2D eigenvalue weighted by Crippen LogP contribution is -2.13. The molecule has 0 radical (unpaired) electrons. The zero-order chi connectivity index (χ0) is 19.6. The number of amides is 1. The number of nitriles is 2. The molecule has 2 aromatic rings. The van der Waals surface area contributed by atoms with Gasteiger partial charge in [0.05, 0.1) is 10.0 Å². The fourth-order valence-electron chi connectivity index (χ4n) is 2.94. The average molecular weight is 463 g/mol. The molecular weight excluding hydrogens is 450 g/mol. The lowest BCUT2D eigenvalue weighted by molar-refractivity contribution is -0.112. The number of aryl methyl sites for hydroxylation is 1. The highest BCUT2D eigenvalue weighted by Crippen LogP contribution is 2.38. The van der Waals surface area contributed by atoms with E-state index in [-0.39, 0.29) is 16.9 Å². The quantitative estimate of drug-likeness (QED) is 0.486. The third-order valence-electron chi connectivity index (χ3n) is 4.23. The number of hydrogen-bond donors (Lipinski definition) is 2. The number of carbonyl (C=O) groups excluding carboxylic acids is 1. The van der Waals surface area contributed by atoms with E-state index in [1.165, 1.54) is 29.5 Å². The van der Waals surface area contributed by atoms with Crippen LogP contribution < -0.4 is 5.32 Å². The number of thiophene rings is 1. The molecule has 5 nitrogen and oxygen atoms in total. The van der Waals surface area contributed by atoms with E-state index in [4.69, 9.17) is 11.6 Å². The summed E-state index contributed by atoms with van der Waals surface area (Å²) in [7, 11) is 0. The Morgan fingerprint density at radius 3 is 2.78 bits per heavy atom. The second-order valence-corrected chi connectivity index (χ2v) is 8.37. The monoisotopic (exact) mass is 461 g/mol. The number of phenolic OH excluding ortho intramolecular Hbond substituents is 1. The maximum absolute atomic E-state index is 12.6. The van der Waals surface area contributed by atoms with Crippen LogP contribution in [0.5, 0.6) is 5.75 Å². The van der Waals surface area contributed by atoms with Gasteiger partial charge in [0.25, 0.3) is 5.91 Å². The van der Waals surface area contributed by atoms with Crippen LogP contribution in [0.4, 0.5) is 5.00 Å². The molecule has 0 bridgehead atoms. The summed E-state index contributed by atoms with van der Waals surface area (Å²) >= 11 is 10.5. The Morgan fingerprint density at radius 2 is 2.07 bits per heavy atom. The SMILES string of the molecule is N#C/C(=C\c1cc(Cl)cc(Br)c1O)C(=O)Nc1sc2c(c1C#N)CCCC2. The van der Waals surface area contributed by atoms with Gasteiger partial charge in [-0.2, -0.15) is 10.5 Å². The van der Waals surface area contributed by atoms with E-state index in [1.54, 1.807) is 0 Å². The lowest BCUT2D eigenvalue weighted by Gasteiger charge is -2.09. The minimum Gasteiger partial charge on any atom is -0.506 e. The van der Waals surface area contributed by atoms with Crippen molar-refractivity contribution in [1.82, 2.24) is 0 Å². The van der Waals surface area contributed by atoms with Gasteiger partial charge >= 0.3 is 0 Å². The van der Waals surface area contributed by atoms with Crippen LogP contribution in [0.25, 0.3) is 6.08 Å². The van der Waals surface area contributed by atoms with E-state index in [0.717, 1.165) is 36.1 Å². The summed E-state index contributed by atoms with van der Waals surface area (Å²) in [6.07, 6.45) is 5.09. The largest absolute Gasteiger partial charge is 0.506 e. The number of aromatic hydroxyl groups is 1. The molecule has 1 aromatic carbocycles. The summed E-state index contributed by atoms with van der Waals surface area (Å²) in [5.41, 5.74) is 1.53. The van der Waals surface area contributed by atoms with Gasteiger partial charge in [0.1, 0.15) is 28.5 Å². The number of benzene rings is 1. The van der Waals surface area contributed by atoms with Crippen LogP contribution in [0, 0.1) is 22.7 Å². The second-order valence-electron chi connectivity index (χ2n) is 5.98. The molecule has 1 aliphatic carbocycles. The Balaban J connectivity index is 1.93. The summed E-state index contributed by atoms with van der Waals surface area (Å²) in [5.74, 6) is -0.757. The fraction of sp³-hybridized carbons (Fsp3) is 0.211. The molecule has 8 heteroatoms. The Hall–Kier alpha value is -2.32. The summed E-state index contributed by atoms with van der Waals surface area (Å²) in [5, 5.41) is 32.5. The highest BCUT2D eigenvalue weighted by atomic mass is 79.9. The normalized spacial score (nSPS) is 13.4. The van der Waals surface area contributed by atoms with Crippen molar-refractivity contribution in [1.29, 1.82) is 10.5 Å². The Morgan fingerprint density at radius 1 is 1.33 bits per heavy atom. The Bertz CT molecular complexity index is 1050. The number of rotatable bonds is 3. The van der Waals surface area contributed by atoms with Crippen LogP contribution in [0.1, 0.15) is 34.4 Å². The average Bonchev–Trinajstić information content (AvgIpc) is 3.00. The first kappa shape index (κ1) is 19.4. The van der Waals surface area contributed by atoms with Gasteiger partial charge in [-0.3, -0.25) is 4.79 Å². The summed E-state index contributed by atoms with van der Waals surface area (Å²) in [6.45, 7) is 0. The van der Waals surface area contributed by atoms with Gasteiger partial charge < -0.3 is 10.4 Å². The summed E-state index contributed by atoms with van der Waals surface area (Å²) < 4.78 is 0.358. The van der Waals surface area contributed by atoms with Gasteiger partial charge in [-0.25, -0.2) is 0 Å². The highest BCUT2D eigenvalue weighted by Gasteiger charge is 2.23. The molecule has 1 amide bonds. The predicted octanol–water partition coefficient (Wildman–Crippen LogP) is 5.17. The van der Waals surface area contributed by atoms with Gasteiger partial charge in [-0.1, -0.05) is 11.6 Å². The number of nitrogens with zero attached hydrogens (tertiary/aromatic N) is 2. The fourth-order valence-corrected chi connectivity index (χ4v) is 5.01. The van der Waals surface area contributed by atoms with Crippen molar-refractivity contribution in [2.24, 2.45) is 0 Å². The molecule has 2 N–H and O–H groups in total. The molecule has 0 aliphatic heterocycles. The minimum absolute atomic E-state index is 0.121. The molecule has 3 rings (SSSR count). The number of phenols is 1. The first-order valence-corrected chi connectivity index (χ1v) is 10.1. The van der Waals surface area contributed by atoms with Gasteiger partial charge in [0.15, 0.2) is 0 Å². The van der Waals surface area contributed by atoms with Crippen LogP contribution in [0.2, 0.25) is 5.02 Å². The zero-order valence-electron chi connectivity index (χ0n) is 14.0. The Labute approximate surface area is 173 Å². The van der Waals surface area contributed by atoms with Crippen molar-refractivity contribution in [3.8, 4) is 17.9 Å². The molecular formula is C19H13BrClN3O2S. The van der Waals surface area contributed by atoms with Crippen LogP contribution in [0.3, 0.4) is 0 Å². The van der Waals surface area contributed by atoms with Crippen molar-refractivity contribution in [2.45, 2.75) is 25.7 Å². The van der Waals surface area contributed by atoms with Gasteiger partial charge in [0.2, 0.25) is 0 Å². The smallest absolute Gasteiger partial charge is 0.266 e. The standard InChI is InChI=1S/C19H13BrClN3O2S/c20-15-7-12(21)6-10(17(15)25)5-11(8-22)18(26)24-19-14(9-23)13-3-1-2-4-16(13)27-19/h5-7,25H,1-4H2,(H,24,26)/b11-5+. The molecule has 0 fully saturated rings. The van der Waals surface area contributed by atoms with Crippen molar-refractivity contribution >= 4 is 55.9 Å². The zero-order valence-corrected chi connectivity index (χ0v) is 17.1. The van der Waals surface area contributed by atoms with Crippen molar-refractivity contribution < 1.29 is 9.90 Å². The number of fused-ring (bicyclic) bond motifs is 1. The first-order valence-electron chi connectivity index (χ1n) is 8.10. The van der Waals surface area contributed by atoms with Crippen LogP contribution in [0.15, 0.2) is 22.2 Å². The molecule has 1 aliphatic rings. The number of carbonyl (C=O) groups is 1. The van der Waals surface area contributed by atoms with Gasteiger partial charge in [-0.05, 0) is 65.4 Å². The lowest BCUT2D eigenvalue weighted by atomic mass is 9.96. The van der Waals surface area contributed by atoms with E-state index in [2.05, 4.69) is 27.3 Å². The first-order chi connectivity index (χ1) is 12.9. The van der Waals surface area contributed by atoms with E-state index in [9.17, 15) is 20.4 Å².